The Hall–Kier alpha value is -1.79. The van der Waals surface area contributed by atoms with Crippen molar-refractivity contribution in [2.75, 3.05) is 27.2 Å². The Kier molecular flexibility index (Phi) is 5.03. The molecule has 1 saturated heterocycles. The second-order valence-corrected chi connectivity index (χ2v) is 5.37. The second kappa shape index (κ2) is 6.78. The fraction of sp³-hybridized carbons (Fsp3) is 0.533. The van der Waals surface area contributed by atoms with Gasteiger partial charge in [0.2, 0.25) is 0 Å². The van der Waals surface area contributed by atoms with Crippen LogP contribution in [0.3, 0.4) is 0 Å². The number of aliphatic carboxylic acids is 1. The minimum absolute atomic E-state index is 0.120. The molecule has 1 aromatic carbocycles. The van der Waals surface area contributed by atoms with Crippen LogP contribution in [0.5, 0.6) is 11.5 Å². The Morgan fingerprint density at radius 3 is 2.90 bits per heavy atom. The summed E-state index contributed by atoms with van der Waals surface area (Å²) in [5.41, 5.74) is 6.60. The first-order valence-corrected chi connectivity index (χ1v) is 7.00. The predicted molar refractivity (Wildman–Crippen MR) is 78.7 cm³/mol. The number of ether oxygens (including phenoxy) is 2. The smallest absolute Gasteiger partial charge is 0.305 e. The molecule has 0 aromatic heterocycles. The lowest BCUT2D eigenvalue weighted by atomic mass is 10.0. The molecule has 2 unspecified atom stereocenters. The Bertz CT molecular complexity index is 506. The highest BCUT2D eigenvalue weighted by Crippen LogP contribution is 2.36. The highest BCUT2D eigenvalue weighted by molar-refractivity contribution is 5.68. The predicted octanol–water partition coefficient (Wildman–Crippen LogP) is 1.25. The molecule has 2 rings (SSSR count). The number of rotatable bonds is 6. The van der Waals surface area contributed by atoms with Gasteiger partial charge in [-0.3, -0.25) is 4.79 Å². The second-order valence-electron chi connectivity index (χ2n) is 5.37. The summed E-state index contributed by atoms with van der Waals surface area (Å²) in [7, 11) is 3.60. The van der Waals surface area contributed by atoms with E-state index in [1.54, 1.807) is 13.2 Å². The molecule has 1 aliphatic heterocycles. The molecule has 0 aliphatic carbocycles. The molecule has 0 amide bonds. The van der Waals surface area contributed by atoms with Crippen molar-refractivity contribution in [1.29, 1.82) is 0 Å². The van der Waals surface area contributed by atoms with Gasteiger partial charge in [0.25, 0.3) is 0 Å². The molecular formula is C15H22N2O4. The van der Waals surface area contributed by atoms with Gasteiger partial charge in [-0.1, -0.05) is 12.1 Å². The molecule has 3 N–H and O–H groups in total. The lowest BCUT2D eigenvalue weighted by Crippen LogP contribution is -2.22. The van der Waals surface area contributed by atoms with Crippen molar-refractivity contribution < 1.29 is 19.4 Å². The Balaban J connectivity index is 2.19. The third-order valence-electron chi connectivity index (χ3n) is 3.65. The van der Waals surface area contributed by atoms with E-state index in [1.165, 1.54) is 0 Å². The number of carboxylic acids is 1. The van der Waals surface area contributed by atoms with Gasteiger partial charge in [0.1, 0.15) is 6.10 Å². The summed E-state index contributed by atoms with van der Waals surface area (Å²) in [4.78, 5) is 13.0. The molecule has 0 bridgehead atoms. The monoisotopic (exact) mass is 294 g/mol. The summed E-state index contributed by atoms with van der Waals surface area (Å²) in [5, 5.41) is 8.88. The largest absolute Gasteiger partial charge is 0.493 e. The molecule has 1 fully saturated rings. The van der Waals surface area contributed by atoms with Gasteiger partial charge < -0.3 is 25.2 Å². The van der Waals surface area contributed by atoms with E-state index in [0.29, 0.717) is 17.1 Å². The maximum Gasteiger partial charge on any atom is 0.305 e. The van der Waals surface area contributed by atoms with E-state index in [4.69, 9.17) is 20.3 Å². The minimum Gasteiger partial charge on any atom is -0.493 e. The number of hydrogen-bond donors (Lipinski definition) is 2. The van der Waals surface area contributed by atoms with Gasteiger partial charge in [0.15, 0.2) is 11.5 Å². The number of benzene rings is 1. The van der Waals surface area contributed by atoms with Crippen molar-refractivity contribution in [2.45, 2.75) is 25.0 Å². The van der Waals surface area contributed by atoms with Gasteiger partial charge in [-0.25, -0.2) is 0 Å². The number of carboxylic acid groups (broad SMARTS) is 1. The van der Waals surface area contributed by atoms with Crippen LogP contribution in [-0.2, 0) is 4.79 Å². The molecule has 0 saturated carbocycles. The van der Waals surface area contributed by atoms with Gasteiger partial charge in [-0.15, -0.1) is 0 Å². The molecule has 1 aromatic rings. The van der Waals surface area contributed by atoms with E-state index in [0.717, 1.165) is 19.5 Å². The Morgan fingerprint density at radius 1 is 1.57 bits per heavy atom. The van der Waals surface area contributed by atoms with E-state index in [1.807, 2.05) is 12.1 Å². The first kappa shape index (κ1) is 15.6. The van der Waals surface area contributed by atoms with Crippen LogP contribution < -0.4 is 15.2 Å². The maximum atomic E-state index is 10.8. The van der Waals surface area contributed by atoms with Crippen LogP contribution in [-0.4, -0.2) is 49.3 Å². The molecule has 0 spiro atoms. The van der Waals surface area contributed by atoms with Crippen molar-refractivity contribution in [1.82, 2.24) is 4.90 Å². The topological polar surface area (TPSA) is 85.0 Å². The third-order valence-corrected chi connectivity index (χ3v) is 3.65. The summed E-state index contributed by atoms with van der Waals surface area (Å²) in [6.45, 7) is 1.87. The molecule has 21 heavy (non-hydrogen) atoms. The first-order chi connectivity index (χ1) is 10.0. The zero-order valence-electron chi connectivity index (χ0n) is 12.4. The lowest BCUT2D eigenvalue weighted by molar-refractivity contribution is -0.137. The van der Waals surface area contributed by atoms with Crippen LogP contribution in [0.2, 0.25) is 0 Å². The van der Waals surface area contributed by atoms with E-state index in [9.17, 15) is 4.79 Å². The molecular weight excluding hydrogens is 272 g/mol. The normalized spacial score (nSPS) is 20.2. The molecule has 116 valence electrons. The molecule has 0 radical (unpaired) electrons. The number of likely N-dealkylation sites (tertiary alicyclic amines) is 1. The fourth-order valence-electron chi connectivity index (χ4n) is 2.60. The molecule has 1 aliphatic rings. The fourth-order valence-corrected chi connectivity index (χ4v) is 2.60. The molecule has 1 heterocycles. The summed E-state index contributed by atoms with van der Waals surface area (Å²) < 4.78 is 11.4. The highest BCUT2D eigenvalue weighted by atomic mass is 16.5. The summed E-state index contributed by atoms with van der Waals surface area (Å²) in [5.74, 6) is 0.213. The number of hydrogen-bond acceptors (Lipinski definition) is 5. The number of carbonyl (C=O) groups is 1. The van der Waals surface area contributed by atoms with Gasteiger partial charge in [-0.2, -0.15) is 0 Å². The van der Waals surface area contributed by atoms with Crippen molar-refractivity contribution in [2.24, 2.45) is 5.73 Å². The third kappa shape index (κ3) is 3.86. The average Bonchev–Trinajstić information content (AvgIpc) is 2.83. The van der Waals surface area contributed by atoms with Crippen molar-refractivity contribution in [3.05, 3.63) is 23.8 Å². The van der Waals surface area contributed by atoms with Gasteiger partial charge in [0, 0.05) is 24.7 Å². The quantitative estimate of drug-likeness (QED) is 0.821. The summed E-state index contributed by atoms with van der Waals surface area (Å²) in [6, 6.07) is 4.80. The Labute approximate surface area is 124 Å². The average molecular weight is 294 g/mol. The van der Waals surface area contributed by atoms with Crippen molar-refractivity contribution in [3.63, 3.8) is 0 Å². The van der Waals surface area contributed by atoms with Crippen LogP contribution in [0.15, 0.2) is 18.2 Å². The molecule has 6 nitrogen and oxygen atoms in total. The Morgan fingerprint density at radius 2 is 2.33 bits per heavy atom. The first-order valence-electron chi connectivity index (χ1n) is 7.00. The number of nitrogens with zero attached hydrogens (tertiary/aromatic N) is 1. The number of para-hydroxylation sites is 1. The van der Waals surface area contributed by atoms with Crippen LogP contribution in [0.25, 0.3) is 0 Å². The van der Waals surface area contributed by atoms with Crippen molar-refractivity contribution >= 4 is 5.97 Å². The summed E-state index contributed by atoms with van der Waals surface area (Å²) in [6.07, 6.45) is 0.937. The van der Waals surface area contributed by atoms with Gasteiger partial charge in [0.05, 0.1) is 13.5 Å². The SMILES string of the molecule is COc1c(OC2CCN(C)C2)cccc1C(N)CC(=O)O. The van der Waals surface area contributed by atoms with Crippen molar-refractivity contribution in [3.8, 4) is 11.5 Å². The van der Waals surface area contributed by atoms with Gasteiger partial charge >= 0.3 is 5.97 Å². The highest BCUT2D eigenvalue weighted by Gasteiger charge is 2.24. The standard InChI is InChI=1S/C15H22N2O4/c1-17-7-6-10(9-17)21-13-5-3-4-11(15(13)20-2)12(16)8-14(18)19/h3-5,10,12H,6-9,16H2,1-2H3,(H,18,19). The molecule has 2 atom stereocenters. The zero-order chi connectivity index (χ0) is 15.4. The zero-order valence-corrected chi connectivity index (χ0v) is 12.4. The summed E-state index contributed by atoms with van der Waals surface area (Å²) >= 11 is 0. The minimum atomic E-state index is -0.937. The van der Waals surface area contributed by atoms with Crippen LogP contribution >= 0.6 is 0 Å². The van der Waals surface area contributed by atoms with E-state index in [2.05, 4.69) is 11.9 Å². The number of likely N-dealkylation sites (N-methyl/N-ethyl adjacent to an activating group) is 1. The number of methoxy groups -OCH3 is 1. The lowest BCUT2D eigenvalue weighted by Gasteiger charge is -2.20. The van der Waals surface area contributed by atoms with Crippen LogP contribution in [0.4, 0.5) is 0 Å². The van der Waals surface area contributed by atoms with Crippen LogP contribution in [0.1, 0.15) is 24.4 Å². The van der Waals surface area contributed by atoms with Gasteiger partial charge in [-0.05, 0) is 19.5 Å². The van der Waals surface area contributed by atoms with E-state index in [-0.39, 0.29) is 12.5 Å². The molecule has 6 heteroatoms. The van der Waals surface area contributed by atoms with E-state index < -0.39 is 12.0 Å². The van der Waals surface area contributed by atoms with Crippen LogP contribution in [0, 0.1) is 0 Å². The van der Waals surface area contributed by atoms with E-state index >= 15 is 0 Å². The number of nitrogens with two attached hydrogens (primary N) is 1. The maximum absolute atomic E-state index is 10.8.